The van der Waals surface area contributed by atoms with Crippen LogP contribution in [-0.4, -0.2) is 15.4 Å². The van der Waals surface area contributed by atoms with Crippen molar-refractivity contribution in [2.24, 2.45) is 4.99 Å². The Hall–Kier alpha value is -6.55. The minimum absolute atomic E-state index is 0. The first kappa shape index (κ1) is 56.3. The molecule has 81 heavy (non-hydrogen) atoms. The van der Waals surface area contributed by atoms with Crippen LogP contribution in [0.4, 0.5) is 5.69 Å². The van der Waals surface area contributed by atoms with E-state index < -0.39 is 5.54 Å². The summed E-state index contributed by atoms with van der Waals surface area (Å²) in [5.74, 6) is 3.66. The Morgan fingerprint density at radius 1 is 0.593 bits per heavy atom. The Bertz CT molecular complexity index is 4160. The molecule has 416 valence electrons. The smallest absolute Gasteiger partial charge is 0.503 e. The van der Waals surface area contributed by atoms with Crippen molar-refractivity contribution in [1.29, 1.82) is 0 Å². The molecule has 0 N–H and O–H groups in total. The number of fused-ring (bicyclic) bond motifs is 11. The van der Waals surface area contributed by atoms with Gasteiger partial charge in [0.2, 0.25) is 0 Å². The molecule has 2 aromatic heterocycles. The van der Waals surface area contributed by atoms with Gasteiger partial charge in [0.05, 0.1) is 17.4 Å². The summed E-state index contributed by atoms with van der Waals surface area (Å²) in [5.41, 5.74) is 31.3. The fourth-order valence-corrected chi connectivity index (χ4v) is 14.3. The first-order chi connectivity index (χ1) is 37.7. The van der Waals surface area contributed by atoms with E-state index in [2.05, 4.69) is 246 Å². The van der Waals surface area contributed by atoms with E-state index in [-0.39, 0.29) is 49.8 Å². The van der Waals surface area contributed by atoms with Gasteiger partial charge in [-0.15, -0.1) is 28.6 Å². The van der Waals surface area contributed by atoms with Crippen molar-refractivity contribution in [3.8, 4) is 39.6 Å². The SMILES string of the molecule is Cc1cc2c3cc(C(C)(C)C)cc4c3n(c2[c-]c1Oc1[c-]c(C2=N[C@@H]3c5cc(C)c(C)c(C)c5-c5c(cc(C)c(C)c5C)[C@]3(C)N2c2c(C)c(C)cc(C)c2C)cc(-c2c(C(C)C)cccc2C(C)C)c1)-c1ncccc1C4(C)C.[Pt+2]. The number of amidine groups is 1. The van der Waals surface area contributed by atoms with Gasteiger partial charge in [-0.1, -0.05) is 147 Å². The third-order valence-corrected chi connectivity index (χ3v) is 19.7. The van der Waals surface area contributed by atoms with E-state index >= 15 is 0 Å². The number of aryl methyl sites for hydroxylation is 5. The Balaban J connectivity index is 0.00000690. The molecule has 2 aliphatic heterocycles. The number of hydrogen-bond donors (Lipinski definition) is 0. The normalized spacial score (nSPS) is 16.9. The van der Waals surface area contributed by atoms with E-state index in [1.807, 2.05) is 6.20 Å². The van der Waals surface area contributed by atoms with Crippen LogP contribution in [0.15, 0.2) is 90.1 Å². The molecule has 0 amide bonds. The van der Waals surface area contributed by atoms with E-state index in [1.165, 1.54) is 128 Å². The molecule has 9 aromatic rings. The Morgan fingerprint density at radius 3 is 1.84 bits per heavy atom. The van der Waals surface area contributed by atoms with Gasteiger partial charge in [0, 0.05) is 39.9 Å². The van der Waals surface area contributed by atoms with Gasteiger partial charge >= 0.3 is 21.1 Å². The number of hydrogen-bond acceptors (Lipinski definition) is 4. The monoisotopic (exact) mass is 1250 g/mol. The molecule has 1 aliphatic carbocycles. The van der Waals surface area contributed by atoms with Crippen LogP contribution < -0.4 is 9.64 Å². The predicted octanol–water partition coefficient (Wildman–Crippen LogP) is 19.7. The summed E-state index contributed by atoms with van der Waals surface area (Å²) in [5, 5.41) is 2.36. The van der Waals surface area contributed by atoms with E-state index in [1.54, 1.807) is 0 Å². The molecule has 5 nitrogen and oxygen atoms in total. The summed E-state index contributed by atoms with van der Waals surface area (Å²) in [7, 11) is 0. The molecule has 0 fully saturated rings. The standard InChI is InChI=1S/C75H80N4O.Pt/c1-38(2)55-24-22-25-56(39(3)4)67(55)51-32-52(34-54(33-51)80-64-37-63-57(30-44(64)9)58-35-53(73(16,17)18)36-62-69(58)78(63)72-60(74(62,19)20)26-23-27-76-72)71-77-70-59-29-42(7)45(10)49(14)65(59)66-50(15)46(11)43(8)31-61(66)75(70,21)79(71)68-47(12)40(5)28-41(6)48(68)13;/h22-33,35-36,38-39,70H,1-21H3;/q-2;+2/t70-,75+;/m1./s1. The molecule has 12 rings (SSSR count). The molecule has 0 saturated heterocycles. The van der Waals surface area contributed by atoms with Crippen LogP contribution in [0.2, 0.25) is 0 Å². The van der Waals surface area contributed by atoms with Gasteiger partial charge in [-0.3, -0.25) is 0 Å². The Labute approximate surface area is 497 Å². The number of nitrogens with zero attached hydrogens (tertiary/aromatic N) is 4. The van der Waals surface area contributed by atoms with Crippen LogP contribution in [0, 0.1) is 88.3 Å². The van der Waals surface area contributed by atoms with Crippen molar-refractivity contribution >= 4 is 33.3 Å². The second-order valence-electron chi connectivity index (χ2n) is 26.6. The van der Waals surface area contributed by atoms with Gasteiger partial charge in [0.1, 0.15) is 5.82 Å². The summed E-state index contributed by atoms with van der Waals surface area (Å²) in [6, 6.07) is 38.0. The first-order valence-electron chi connectivity index (χ1n) is 29.2. The fraction of sp³-hybridized carbons (Fsp3) is 0.360. The van der Waals surface area contributed by atoms with Crippen molar-refractivity contribution in [1.82, 2.24) is 9.55 Å². The topological polar surface area (TPSA) is 42.6 Å². The summed E-state index contributed by atoms with van der Waals surface area (Å²) >= 11 is 0. The predicted molar refractivity (Wildman–Crippen MR) is 337 cm³/mol. The molecule has 3 aliphatic rings. The van der Waals surface area contributed by atoms with Crippen LogP contribution in [0.25, 0.3) is 49.9 Å². The fourth-order valence-electron chi connectivity index (χ4n) is 14.3. The minimum atomic E-state index is -0.632. The molecule has 0 radical (unpaired) electrons. The van der Waals surface area contributed by atoms with Crippen LogP contribution in [0.1, 0.15) is 193 Å². The third kappa shape index (κ3) is 8.15. The van der Waals surface area contributed by atoms with Crippen molar-refractivity contribution in [2.45, 2.75) is 180 Å². The number of benzene rings is 7. The van der Waals surface area contributed by atoms with Crippen molar-refractivity contribution in [2.75, 3.05) is 4.90 Å². The third-order valence-electron chi connectivity index (χ3n) is 19.7. The zero-order chi connectivity index (χ0) is 57.3. The summed E-state index contributed by atoms with van der Waals surface area (Å²) in [4.78, 5) is 14.0. The Morgan fingerprint density at radius 2 is 1.21 bits per heavy atom. The quantitative estimate of drug-likeness (QED) is 0.149. The molecular weight excluding hydrogens is 1170 g/mol. The summed E-state index contributed by atoms with van der Waals surface area (Å²) in [6.07, 6.45) is 1.92. The van der Waals surface area contributed by atoms with Gasteiger partial charge in [-0.25, -0.2) is 4.98 Å². The average molecular weight is 1250 g/mol. The van der Waals surface area contributed by atoms with Crippen LogP contribution in [-0.2, 0) is 37.4 Å². The van der Waals surface area contributed by atoms with E-state index in [9.17, 15) is 0 Å². The van der Waals surface area contributed by atoms with Gasteiger partial charge in [-0.05, 0) is 211 Å². The molecule has 0 unspecified atom stereocenters. The number of aliphatic imine (C=N–C) groups is 1. The molecular formula is C75H80N4OPt. The molecule has 6 heteroatoms. The number of anilines is 1. The average Bonchev–Trinajstić information content (AvgIpc) is 2.97. The molecule has 7 aromatic carbocycles. The molecule has 4 heterocycles. The van der Waals surface area contributed by atoms with Gasteiger partial charge < -0.3 is 19.2 Å². The van der Waals surface area contributed by atoms with E-state index in [4.69, 9.17) is 14.7 Å². The number of aromatic nitrogens is 2. The zero-order valence-electron chi connectivity index (χ0n) is 51.8. The van der Waals surface area contributed by atoms with Crippen molar-refractivity contribution in [3.05, 3.63) is 203 Å². The second kappa shape index (κ2) is 19.3. The number of rotatable bonds is 7. The summed E-state index contributed by atoms with van der Waals surface area (Å²) in [6.45, 7) is 48.5. The van der Waals surface area contributed by atoms with Crippen LogP contribution in [0.3, 0.4) is 0 Å². The van der Waals surface area contributed by atoms with E-state index in [0.29, 0.717) is 11.5 Å². The molecule has 0 saturated carbocycles. The molecule has 0 bridgehead atoms. The minimum Gasteiger partial charge on any atom is -0.503 e. The maximum atomic E-state index is 7.48. The van der Waals surface area contributed by atoms with Gasteiger partial charge in [0.15, 0.2) is 0 Å². The zero-order valence-corrected chi connectivity index (χ0v) is 54.1. The first-order valence-corrected chi connectivity index (χ1v) is 29.2. The number of ether oxygens (including phenoxy) is 1. The summed E-state index contributed by atoms with van der Waals surface area (Å²) < 4.78 is 9.84. The van der Waals surface area contributed by atoms with Crippen LogP contribution in [0.5, 0.6) is 11.5 Å². The van der Waals surface area contributed by atoms with Gasteiger partial charge in [-0.2, -0.15) is 6.07 Å². The molecule has 2 atom stereocenters. The second-order valence-corrected chi connectivity index (χ2v) is 26.6. The van der Waals surface area contributed by atoms with Crippen molar-refractivity contribution in [3.63, 3.8) is 0 Å². The maximum Gasteiger partial charge on any atom is 2.00 e. The largest absolute Gasteiger partial charge is 2.00 e. The van der Waals surface area contributed by atoms with Crippen molar-refractivity contribution < 1.29 is 25.8 Å². The number of pyridine rings is 1. The van der Waals surface area contributed by atoms with Gasteiger partial charge in [0.25, 0.3) is 0 Å². The van der Waals surface area contributed by atoms with E-state index in [0.717, 1.165) is 39.2 Å². The maximum absolute atomic E-state index is 7.48. The Kier molecular flexibility index (Phi) is 13.4. The molecule has 0 spiro atoms. The van der Waals surface area contributed by atoms with Crippen LogP contribution >= 0.6 is 0 Å².